The molecule has 0 nitrogen and oxygen atoms in total. The minimum atomic E-state index is 0.0916. The number of benzene rings is 3. The van der Waals surface area contributed by atoms with Crippen molar-refractivity contribution in [1.82, 2.24) is 0 Å². The molecule has 0 saturated heterocycles. The van der Waals surface area contributed by atoms with E-state index in [1.54, 1.807) is 0 Å². The topological polar surface area (TPSA) is 0 Å². The van der Waals surface area contributed by atoms with Crippen molar-refractivity contribution >= 4 is 10.8 Å². The molecule has 0 amide bonds. The van der Waals surface area contributed by atoms with Gasteiger partial charge in [-0.05, 0) is 51.9 Å². The van der Waals surface area contributed by atoms with Crippen LogP contribution in [0.2, 0.25) is 0 Å². The quantitative estimate of drug-likeness (QED) is 0.513. The van der Waals surface area contributed by atoms with Gasteiger partial charge in [-0.3, -0.25) is 0 Å². The van der Waals surface area contributed by atoms with Crippen LogP contribution < -0.4 is 0 Å². The highest BCUT2D eigenvalue weighted by Crippen LogP contribution is 2.51. The zero-order valence-electron chi connectivity index (χ0n) is 13.8. The van der Waals surface area contributed by atoms with E-state index < -0.39 is 0 Å². The summed E-state index contributed by atoms with van der Waals surface area (Å²) >= 11 is 0. The minimum absolute atomic E-state index is 0.0916. The lowest BCUT2D eigenvalue weighted by atomic mass is 9.81. The molecular weight excluding hydrogens is 264 g/mol. The van der Waals surface area contributed by atoms with Crippen molar-refractivity contribution in [3.8, 4) is 11.1 Å². The second-order valence-electron chi connectivity index (χ2n) is 7.07. The van der Waals surface area contributed by atoms with Gasteiger partial charge in [0.05, 0.1) is 0 Å². The molecule has 0 spiro atoms. The molecule has 0 radical (unpaired) electrons. The first-order valence-corrected chi connectivity index (χ1v) is 8.20. The van der Waals surface area contributed by atoms with E-state index in [0.717, 1.165) is 6.42 Å². The first kappa shape index (κ1) is 13.6. The molecule has 0 aromatic heterocycles. The molecule has 0 saturated carbocycles. The van der Waals surface area contributed by atoms with E-state index >= 15 is 0 Å². The number of aryl methyl sites for hydroxylation is 2. The van der Waals surface area contributed by atoms with Crippen LogP contribution >= 0.6 is 0 Å². The maximum atomic E-state index is 2.36. The SMILES string of the molecule is CCc1ccc2c3c(ccc2c1)C(C)(C)c1cc(C)ccc1-3. The van der Waals surface area contributed by atoms with E-state index in [1.165, 1.54) is 44.2 Å². The highest BCUT2D eigenvalue weighted by molar-refractivity contribution is 6.02. The highest BCUT2D eigenvalue weighted by Gasteiger charge is 2.36. The Morgan fingerprint density at radius 3 is 2.45 bits per heavy atom. The van der Waals surface area contributed by atoms with Gasteiger partial charge in [0.2, 0.25) is 0 Å². The second kappa shape index (κ2) is 4.46. The summed E-state index contributed by atoms with van der Waals surface area (Å²) in [6.45, 7) is 9.10. The number of fused-ring (bicyclic) bond motifs is 5. The van der Waals surface area contributed by atoms with Crippen LogP contribution in [0.15, 0.2) is 48.5 Å². The molecule has 4 rings (SSSR count). The normalized spacial score (nSPS) is 14.9. The van der Waals surface area contributed by atoms with Gasteiger partial charge in [-0.15, -0.1) is 0 Å². The molecule has 3 aromatic rings. The van der Waals surface area contributed by atoms with Crippen LogP contribution in [0.1, 0.15) is 43.0 Å². The molecule has 0 atom stereocenters. The van der Waals surface area contributed by atoms with E-state index in [2.05, 4.69) is 76.2 Å². The monoisotopic (exact) mass is 286 g/mol. The average Bonchev–Trinajstić information content (AvgIpc) is 2.75. The molecule has 0 bridgehead atoms. The summed E-state index contributed by atoms with van der Waals surface area (Å²) in [5.41, 5.74) is 8.64. The van der Waals surface area contributed by atoms with Crippen molar-refractivity contribution in [3.05, 3.63) is 70.8 Å². The van der Waals surface area contributed by atoms with Gasteiger partial charge >= 0.3 is 0 Å². The van der Waals surface area contributed by atoms with Crippen LogP contribution in [0.3, 0.4) is 0 Å². The Bertz CT molecular complexity index is 897. The van der Waals surface area contributed by atoms with Gasteiger partial charge in [-0.2, -0.15) is 0 Å². The van der Waals surface area contributed by atoms with Gasteiger partial charge in [-0.1, -0.05) is 74.9 Å². The highest BCUT2D eigenvalue weighted by atomic mass is 14.4. The summed E-state index contributed by atoms with van der Waals surface area (Å²) < 4.78 is 0. The van der Waals surface area contributed by atoms with Crippen LogP contribution in [0, 0.1) is 6.92 Å². The van der Waals surface area contributed by atoms with E-state index in [0.29, 0.717) is 0 Å². The summed E-state index contributed by atoms with van der Waals surface area (Å²) in [7, 11) is 0. The van der Waals surface area contributed by atoms with Crippen LogP contribution in [0.5, 0.6) is 0 Å². The molecule has 0 unspecified atom stereocenters. The molecule has 22 heavy (non-hydrogen) atoms. The zero-order chi connectivity index (χ0) is 15.5. The number of hydrogen-bond acceptors (Lipinski definition) is 0. The summed E-state index contributed by atoms with van der Waals surface area (Å²) in [4.78, 5) is 0. The largest absolute Gasteiger partial charge is 0.0613 e. The van der Waals surface area contributed by atoms with Crippen molar-refractivity contribution in [3.63, 3.8) is 0 Å². The Kier molecular flexibility index (Phi) is 2.75. The lowest BCUT2D eigenvalue weighted by molar-refractivity contribution is 0.660. The Labute approximate surface area is 132 Å². The van der Waals surface area contributed by atoms with Crippen LogP contribution in [0.25, 0.3) is 21.9 Å². The molecule has 0 aliphatic heterocycles. The van der Waals surface area contributed by atoms with Crippen LogP contribution in [-0.2, 0) is 11.8 Å². The van der Waals surface area contributed by atoms with Crippen molar-refractivity contribution in [2.45, 2.75) is 39.5 Å². The van der Waals surface area contributed by atoms with Crippen LogP contribution in [0.4, 0.5) is 0 Å². The summed E-state index contributed by atoms with van der Waals surface area (Å²) in [6.07, 6.45) is 1.09. The Balaban J connectivity index is 2.11. The molecule has 3 aromatic carbocycles. The summed E-state index contributed by atoms with van der Waals surface area (Å²) in [6, 6.07) is 18.5. The molecule has 0 heterocycles. The lowest BCUT2D eigenvalue weighted by Gasteiger charge is -2.22. The molecule has 0 heteroatoms. The van der Waals surface area contributed by atoms with Crippen molar-refractivity contribution in [1.29, 1.82) is 0 Å². The second-order valence-corrected chi connectivity index (χ2v) is 7.07. The fourth-order valence-electron chi connectivity index (χ4n) is 3.95. The number of hydrogen-bond donors (Lipinski definition) is 0. The maximum absolute atomic E-state index is 2.36. The van der Waals surface area contributed by atoms with Gasteiger partial charge in [-0.25, -0.2) is 0 Å². The molecule has 0 fully saturated rings. The predicted octanol–water partition coefficient (Wildman–Crippen LogP) is 6.02. The number of rotatable bonds is 1. The molecule has 1 aliphatic carbocycles. The van der Waals surface area contributed by atoms with E-state index in [9.17, 15) is 0 Å². The molecule has 110 valence electrons. The summed E-state index contributed by atoms with van der Waals surface area (Å²) in [5, 5.41) is 2.76. The van der Waals surface area contributed by atoms with E-state index in [4.69, 9.17) is 0 Å². The zero-order valence-corrected chi connectivity index (χ0v) is 13.8. The minimum Gasteiger partial charge on any atom is -0.0613 e. The van der Waals surface area contributed by atoms with Crippen LogP contribution in [-0.4, -0.2) is 0 Å². The predicted molar refractivity (Wildman–Crippen MR) is 95.6 cm³/mol. The third kappa shape index (κ3) is 1.70. The molecule has 1 aliphatic rings. The van der Waals surface area contributed by atoms with Gasteiger partial charge in [0.25, 0.3) is 0 Å². The van der Waals surface area contributed by atoms with Crippen molar-refractivity contribution in [2.24, 2.45) is 0 Å². The van der Waals surface area contributed by atoms with E-state index in [-0.39, 0.29) is 5.41 Å². The third-order valence-electron chi connectivity index (χ3n) is 5.28. The average molecular weight is 286 g/mol. The fourth-order valence-corrected chi connectivity index (χ4v) is 3.95. The van der Waals surface area contributed by atoms with Crippen molar-refractivity contribution < 1.29 is 0 Å². The first-order chi connectivity index (χ1) is 10.5. The molecular formula is C22H22. The third-order valence-corrected chi connectivity index (χ3v) is 5.28. The first-order valence-electron chi connectivity index (χ1n) is 8.20. The Morgan fingerprint density at radius 2 is 1.68 bits per heavy atom. The van der Waals surface area contributed by atoms with Gasteiger partial charge < -0.3 is 0 Å². The van der Waals surface area contributed by atoms with Gasteiger partial charge in [0, 0.05) is 5.41 Å². The van der Waals surface area contributed by atoms with Gasteiger partial charge in [0.15, 0.2) is 0 Å². The lowest BCUT2D eigenvalue weighted by Crippen LogP contribution is -2.15. The Morgan fingerprint density at radius 1 is 0.864 bits per heavy atom. The van der Waals surface area contributed by atoms with E-state index in [1.807, 2.05) is 0 Å². The Hall–Kier alpha value is -2.08. The smallest absolute Gasteiger partial charge is 0.0159 e. The van der Waals surface area contributed by atoms with Gasteiger partial charge in [0.1, 0.15) is 0 Å². The fraction of sp³-hybridized carbons (Fsp3) is 0.273. The summed E-state index contributed by atoms with van der Waals surface area (Å²) in [5.74, 6) is 0. The maximum Gasteiger partial charge on any atom is 0.0159 e. The molecule has 0 N–H and O–H groups in total. The van der Waals surface area contributed by atoms with Crippen molar-refractivity contribution in [2.75, 3.05) is 0 Å². The standard InChI is InChI=1S/C22H22/c1-5-15-7-10-17-16(13-15)8-11-19-21(17)18-9-6-14(2)12-20(18)22(19,3)4/h6-13H,5H2,1-4H3.